The molecule has 0 saturated carbocycles. The molecule has 2 nitrogen and oxygen atoms in total. The van der Waals surface area contributed by atoms with Gasteiger partial charge in [-0.2, -0.15) is 0 Å². The molecule has 0 heterocycles. The highest BCUT2D eigenvalue weighted by Crippen LogP contribution is 2.27. The SMILES string of the molecule is CCNCc1ccc(OCc2c(F)cccc2F)c(Cl)c1. The lowest BCUT2D eigenvalue weighted by atomic mass is 10.2. The van der Waals surface area contributed by atoms with Crippen molar-refractivity contribution < 1.29 is 13.5 Å². The maximum atomic E-state index is 13.5. The monoisotopic (exact) mass is 311 g/mol. The van der Waals surface area contributed by atoms with Crippen LogP contribution in [0.1, 0.15) is 18.1 Å². The van der Waals surface area contributed by atoms with E-state index in [-0.39, 0.29) is 12.2 Å². The summed E-state index contributed by atoms with van der Waals surface area (Å²) in [5, 5.41) is 3.60. The van der Waals surface area contributed by atoms with Crippen molar-refractivity contribution in [3.8, 4) is 5.75 Å². The van der Waals surface area contributed by atoms with Gasteiger partial charge in [0.2, 0.25) is 0 Å². The summed E-state index contributed by atoms with van der Waals surface area (Å²) >= 11 is 6.11. The van der Waals surface area contributed by atoms with Crippen molar-refractivity contribution in [3.05, 3.63) is 64.2 Å². The van der Waals surface area contributed by atoms with Crippen molar-refractivity contribution in [1.82, 2.24) is 5.32 Å². The maximum absolute atomic E-state index is 13.5. The van der Waals surface area contributed by atoms with Crippen LogP contribution in [0.3, 0.4) is 0 Å². The highest BCUT2D eigenvalue weighted by Gasteiger charge is 2.10. The van der Waals surface area contributed by atoms with Crippen LogP contribution in [0, 0.1) is 11.6 Å². The number of nitrogens with one attached hydrogen (secondary N) is 1. The van der Waals surface area contributed by atoms with E-state index in [1.165, 1.54) is 18.2 Å². The fourth-order valence-corrected chi connectivity index (χ4v) is 2.12. The molecule has 0 unspecified atom stereocenters. The Bertz CT molecular complexity index is 599. The molecular weight excluding hydrogens is 296 g/mol. The molecule has 0 amide bonds. The summed E-state index contributed by atoms with van der Waals surface area (Å²) in [6, 6.07) is 9.05. The third kappa shape index (κ3) is 4.16. The van der Waals surface area contributed by atoms with E-state index in [1.54, 1.807) is 12.1 Å². The Kier molecular flexibility index (Phi) is 5.53. The van der Waals surface area contributed by atoms with Crippen LogP contribution in [-0.4, -0.2) is 6.54 Å². The molecule has 0 fully saturated rings. The quantitative estimate of drug-likeness (QED) is 0.858. The zero-order valence-electron chi connectivity index (χ0n) is 11.6. The lowest BCUT2D eigenvalue weighted by molar-refractivity contribution is 0.292. The van der Waals surface area contributed by atoms with Gasteiger partial charge in [-0.25, -0.2) is 8.78 Å². The number of halogens is 3. The topological polar surface area (TPSA) is 21.3 Å². The number of hydrogen-bond donors (Lipinski definition) is 1. The highest BCUT2D eigenvalue weighted by molar-refractivity contribution is 6.32. The first-order chi connectivity index (χ1) is 10.1. The van der Waals surface area contributed by atoms with E-state index in [0.717, 1.165) is 12.1 Å². The van der Waals surface area contributed by atoms with Crippen molar-refractivity contribution in [2.75, 3.05) is 6.54 Å². The molecule has 0 bridgehead atoms. The molecule has 0 aliphatic carbocycles. The molecule has 0 aromatic heterocycles. The van der Waals surface area contributed by atoms with Crippen LogP contribution in [0.25, 0.3) is 0 Å². The first-order valence-corrected chi connectivity index (χ1v) is 7.04. The Morgan fingerprint density at radius 1 is 1.14 bits per heavy atom. The molecule has 1 N–H and O–H groups in total. The molecule has 0 radical (unpaired) electrons. The van der Waals surface area contributed by atoms with E-state index in [2.05, 4.69) is 5.32 Å². The summed E-state index contributed by atoms with van der Waals surface area (Å²) in [5.41, 5.74) is 0.913. The molecular formula is C16H16ClF2NO. The van der Waals surface area contributed by atoms with E-state index >= 15 is 0 Å². The predicted molar refractivity (Wildman–Crippen MR) is 79.5 cm³/mol. The van der Waals surface area contributed by atoms with E-state index in [9.17, 15) is 8.78 Å². The Hall–Kier alpha value is -1.65. The minimum atomic E-state index is -0.630. The van der Waals surface area contributed by atoms with E-state index < -0.39 is 11.6 Å². The maximum Gasteiger partial charge on any atom is 0.138 e. The van der Waals surface area contributed by atoms with Crippen LogP contribution in [0.4, 0.5) is 8.78 Å². The van der Waals surface area contributed by atoms with Crippen LogP contribution < -0.4 is 10.1 Å². The smallest absolute Gasteiger partial charge is 0.138 e. The molecule has 0 aliphatic heterocycles. The summed E-state index contributed by atoms with van der Waals surface area (Å²) in [7, 11) is 0. The van der Waals surface area contributed by atoms with Crippen LogP contribution in [0.5, 0.6) is 5.75 Å². The van der Waals surface area contributed by atoms with Gasteiger partial charge >= 0.3 is 0 Å². The van der Waals surface area contributed by atoms with Gasteiger partial charge in [0.25, 0.3) is 0 Å². The zero-order chi connectivity index (χ0) is 15.2. The average molecular weight is 312 g/mol. The Balaban J connectivity index is 2.06. The van der Waals surface area contributed by atoms with Crippen molar-refractivity contribution in [2.24, 2.45) is 0 Å². The molecule has 0 spiro atoms. The second kappa shape index (κ2) is 7.38. The van der Waals surface area contributed by atoms with Gasteiger partial charge in [0.05, 0.1) is 10.6 Å². The second-order valence-electron chi connectivity index (χ2n) is 4.53. The van der Waals surface area contributed by atoms with Gasteiger partial charge in [-0.3, -0.25) is 0 Å². The summed E-state index contributed by atoms with van der Waals surface area (Å²) in [6.07, 6.45) is 0. The molecule has 2 rings (SSSR count). The van der Waals surface area contributed by atoms with Gasteiger partial charge in [0, 0.05) is 6.54 Å². The number of benzene rings is 2. The van der Waals surface area contributed by atoms with Gasteiger partial charge in [0.15, 0.2) is 0 Å². The Labute approximate surface area is 127 Å². The normalized spacial score (nSPS) is 10.7. The fourth-order valence-electron chi connectivity index (χ4n) is 1.86. The number of rotatable bonds is 6. The molecule has 0 saturated heterocycles. The minimum absolute atomic E-state index is 0.106. The lowest BCUT2D eigenvalue weighted by Crippen LogP contribution is -2.11. The van der Waals surface area contributed by atoms with Crippen LogP contribution in [-0.2, 0) is 13.2 Å². The number of ether oxygens (including phenoxy) is 1. The summed E-state index contributed by atoms with van der Waals surface area (Å²) in [4.78, 5) is 0. The molecule has 2 aromatic carbocycles. The van der Waals surface area contributed by atoms with Crippen LogP contribution in [0.15, 0.2) is 36.4 Å². The first-order valence-electron chi connectivity index (χ1n) is 6.66. The van der Waals surface area contributed by atoms with Gasteiger partial charge < -0.3 is 10.1 Å². The van der Waals surface area contributed by atoms with Gasteiger partial charge in [0.1, 0.15) is 24.0 Å². The third-order valence-corrected chi connectivity index (χ3v) is 3.30. The summed E-state index contributed by atoms with van der Waals surface area (Å²) < 4.78 is 32.4. The van der Waals surface area contributed by atoms with Crippen LogP contribution in [0.2, 0.25) is 5.02 Å². The average Bonchev–Trinajstić information content (AvgIpc) is 2.46. The van der Waals surface area contributed by atoms with E-state index in [4.69, 9.17) is 16.3 Å². The zero-order valence-corrected chi connectivity index (χ0v) is 12.4. The molecule has 112 valence electrons. The first kappa shape index (κ1) is 15.7. The number of hydrogen-bond acceptors (Lipinski definition) is 2. The standard InChI is InChI=1S/C16H16ClF2NO/c1-2-20-9-11-6-7-16(13(17)8-11)21-10-12-14(18)4-3-5-15(12)19/h3-8,20H,2,9-10H2,1H3. The minimum Gasteiger partial charge on any atom is -0.487 e. The molecule has 21 heavy (non-hydrogen) atoms. The highest BCUT2D eigenvalue weighted by atomic mass is 35.5. The summed E-state index contributed by atoms with van der Waals surface area (Å²) in [5.74, 6) is -0.857. The Morgan fingerprint density at radius 2 is 1.86 bits per heavy atom. The molecule has 0 atom stereocenters. The largest absolute Gasteiger partial charge is 0.487 e. The van der Waals surface area contributed by atoms with Gasteiger partial charge in [-0.15, -0.1) is 0 Å². The van der Waals surface area contributed by atoms with E-state index in [1.807, 2.05) is 13.0 Å². The van der Waals surface area contributed by atoms with Crippen LogP contribution >= 0.6 is 11.6 Å². The van der Waals surface area contributed by atoms with Crippen molar-refractivity contribution >= 4 is 11.6 Å². The Morgan fingerprint density at radius 3 is 2.48 bits per heavy atom. The van der Waals surface area contributed by atoms with Crippen molar-refractivity contribution in [2.45, 2.75) is 20.1 Å². The summed E-state index contributed by atoms with van der Waals surface area (Å²) in [6.45, 7) is 3.38. The molecule has 2 aromatic rings. The fraction of sp³-hybridized carbons (Fsp3) is 0.250. The molecule has 5 heteroatoms. The van der Waals surface area contributed by atoms with E-state index in [0.29, 0.717) is 17.3 Å². The van der Waals surface area contributed by atoms with Gasteiger partial charge in [-0.05, 0) is 36.4 Å². The predicted octanol–water partition coefficient (Wildman–Crippen LogP) is 4.31. The van der Waals surface area contributed by atoms with Gasteiger partial charge in [-0.1, -0.05) is 30.7 Å². The van der Waals surface area contributed by atoms with Crippen molar-refractivity contribution in [3.63, 3.8) is 0 Å². The second-order valence-corrected chi connectivity index (χ2v) is 4.94. The third-order valence-electron chi connectivity index (χ3n) is 3.01. The lowest BCUT2D eigenvalue weighted by Gasteiger charge is -2.11. The van der Waals surface area contributed by atoms with Crippen molar-refractivity contribution in [1.29, 1.82) is 0 Å². The molecule has 0 aliphatic rings.